The summed E-state index contributed by atoms with van der Waals surface area (Å²) in [6.45, 7) is 5.28. The third-order valence-corrected chi connectivity index (χ3v) is 8.88. The van der Waals surface area contributed by atoms with Crippen LogP contribution in [-0.2, 0) is 25.4 Å². The summed E-state index contributed by atoms with van der Waals surface area (Å²) in [5.74, 6) is 0.185. The molecule has 0 aliphatic heterocycles. The lowest BCUT2D eigenvalue weighted by atomic mass is 9.89. The normalized spacial score (nSPS) is 16.2. The molecule has 45 heavy (non-hydrogen) atoms. The summed E-state index contributed by atoms with van der Waals surface area (Å²) >= 11 is 7.01. The molecule has 1 aliphatic carbocycles. The number of rotatable bonds is 9. The molecule has 0 saturated heterocycles. The number of aromatic nitrogens is 3. The first-order chi connectivity index (χ1) is 21.4. The molecule has 1 atom stereocenters. The number of hydrogen-bond donors (Lipinski definition) is 2. The minimum Gasteiger partial charge on any atom is -0.481 e. The van der Waals surface area contributed by atoms with E-state index >= 15 is 0 Å². The van der Waals surface area contributed by atoms with Gasteiger partial charge in [-0.25, -0.2) is 9.78 Å². The molecular weight excluding hydrogens is 594 g/mol. The van der Waals surface area contributed by atoms with Crippen LogP contribution in [0.1, 0.15) is 47.7 Å². The number of nitrogens with zero attached hydrogens (tertiary/aromatic N) is 3. The van der Waals surface area contributed by atoms with E-state index in [4.69, 9.17) is 21.3 Å². The van der Waals surface area contributed by atoms with Crippen LogP contribution >= 0.6 is 11.6 Å². The third-order valence-electron chi connectivity index (χ3n) is 8.47. The number of anilines is 1. The van der Waals surface area contributed by atoms with Crippen molar-refractivity contribution in [3.8, 4) is 28.3 Å². The van der Waals surface area contributed by atoms with Gasteiger partial charge in [0.2, 0.25) is 5.88 Å². The number of hydrogen-bond acceptors (Lipinski definition) is 7. The van der Waals surface area contributed by atoms with Crippen LogP contribution in [0.5, 0.6) is 5.88 Å². The largest absolute Gasteiger partial charge is 0.481 e. The van der Waals surface area contributed by atoms with Crippen LogP contribution in [0.3, 0.4) is 0 Å². The lowest BCUT2D eigenvalue weighted by Crippen LogP contribution is -2.40. The molecular formula is C34H36ClN5O5. The van der Waals surface area contributed by atoms with Crippen LogP contribution in [0.15, 0.2) is 64.3 Å². The van der Waals surface area contributed by atoms with E-state index in [1.165, 1.54) is 24.9 Å². The number of carbonyl (C=O) groups excluding carboxylic acids is 2. The predicted molar refractivity (Wildman–Crippen MR) is 175 cm³/mol. The summed E-state index contributed by atoms with van der Waals surface area (Å²) in [5, 5.41) is 6.76. The molecule has 2 heterocycles. The highest BCUT2D eigenvalue weighted by Gasteiger charge is 2.33. The van der Waals surface area contributed by atoms with E-state index in [1.807, 2.05) is 43.3 Å². The Labute approximate surface area is 266 Å². The molecule has 2 aromatic heterocycles. The van der Waals surface area contributed by atoms with Crippen LogP contribution in [0, 0.1) is 12.3 Å². The van der Waals surface area contributed by atoms with Crippen molar-refractivity contribution < 1.29 is 14.3 Å². The second-order valence-corrected chi connectivity index (χ2v) is 12.3. The molecule has 0 radical (unpaired) electrons. The van der Waals surface area contributed by atoms with E-state index in [9.17, 15) is 19.2 Å². The van der Waals surface area contributed by atoms with Gasteiger partial charge in [-0.15, -0.1) is 0 Å². The maximum absolute atomic E-state index is 13.1. The summed E-state index contributed by atoms with van der Waals surface area (Å²) < 4.78 is 7.72. The number of Topliss-reactive ketones (excluding diaryl/α,β-unsaturated/α-hetero) is 1. The highest BCUT2D eigenvalue weighted by molar-refractivity contribution is 6.36. The highest BCUT2D eigenvalue weighted by Crippen LogP contribution is 2.39. The first kappa shape index (κ1) is 31.9. The molecule has 1 unspecified atom stereocenters. The molecule has 234 valence electrons. The Hall–Kier alpha value is -4.54. The van der Waals surface area contributed by atoms with Gasteiger partial charge >= 0.3 is 5.69 Å². The smallest absolute Gasteiger partial charge is 0.330 e. The molecule has 0 bridgehead atoms. The van der Waals surface area contributed by atoms with Crippen LogP contribution < -0.4 is 26.6 Å². The van der Waals surface area contributed by atoms with Gasteiger partial charge in [0.05, 0.1) is 17.8 Å². The molecule has 5 rings (SSSR count). The predicted octanol–water partition coefficient (Wildman–Crippen LogP) is 4.88. The monoisotopic (exact) mass is 629 g/mol. The Balaban J connectivity index is 1.40. The van der Waals surface area contributed by atoms with Crippen molar-refractivity contribution in [2.24, 2.45) is 19.5 Å². The van der Waals surface area contributed by atoms with Crippen molar-refractivity contribution in [1.29, 1.82) is 0 Å². The van der Waals surface area contributed by atoms with E-state index in [2.05, 4.69) is 17.6 Å². The summed E-state index contributed by atoms with van der Waals surface area (Å²) in [6.07, 6.45) is 3.38. The summed E-state index contributed by atoms with van der Waals surface area (Å²) in [7, 11) is 4.40. The lowest BCUT2D eigenvalue weighted by Gasteiger charge is -2.23. The summed E-state index contributed by atoms with van der Waals surface area (Å²) in [4.78, 5) is 54.3. The van der Waals surface area contributed by atoms with E-state index < -0.39 is 17.2 Å². The van der Waals surface area contributed by atoms with Crippen molar-refractivity contribution in [3.63, 3.8) is 0 Å². The lowest BCUT2D eigenvalue weighted by molar-refractivity contribution is -0.117. The number of carbonyl (C=O) groups is 2. The third kappa shape index (κ3) is 6.48. The zero-order chi connectivity index (χ0) is 32.5. The van der Waals surface area contributed by atoms with Gasteiger partial charge in [-0.2, -0.15) is 0 Å². The van der Waals surface area contributed by atoms with Crippen molar-refractivity contribution in [2.75, 3.05) is 19.0 Å². The number of pyridine rings is 1. The fraction of sp³-hybridized carbons (Fsp3) is 0.324. The highest BCUT2D eigenvalue weighted by atomic mass is 35.5. The fourth-order valence-corrected chi connectivity index (χ4v) is 6.15. The zero-order valence-corrected chi connectivity index (χ0v) is 26.7. The van der Waals surface area contributed by atoms with Crippen LogP contribution in [-0.4, -0.2) is 39.5 Å². The standard InChI is InChI=1S/C34H36ClN5O5/c1-20-23(8-7-11-27(20)37-30(42)26-18-39(3)33(44)40(4)32(26)43)24-9-6-10-25(29(24)35)28-13-12-21(31(38-28)45-5)17-36-19-34(2)15-14-22(41)16-34/h6-13,18,36H,14-17,19H2,1-5H3,(H,37,42). The maximum Gasteiger partial charge on any atom is 0.330 e. The van der Waals surface area contributed by atoms with Gasteiger partial charge in [0.15, 0.2) is 0 Å². The topological polar surface area (TPSA) is 124 Å². The number of methoxy groups -OCH3 is 1. The molecule has 1 fully saturated rings. The van der Waals surface area contributed by atoms with E-state index in [0.29, 0.717) is 53.0 Å². The molecule has 10 nitrogen and oxygen atoms in total. The van der Waals surface area contributed by atoms with Crippen molar-refractivity contribution >= 4 is 29.0 Å². The molecule has 0 spiro atoms. The minimum atomic E-state index is -0.676. The van der Waals surface area contributed by atoms with Gasteiger partial charge in [-0.3, -0.25) is 19.0 Å². The average molecular weight is 630 g/mol. The number of benzene rings is 2. The molecule has 1 amide bonds. The van der Waals surface area contributed by atoms with Gasteiger partial charge in [-0.1, -0.05) is 54.9 Å². The maximum atomic E-state index is 13.1. The summed E-state index contributed by atoms with van der Waals surface area (Å²) in [6, 6.07) is 15.0. The molecule has 2 N–H and O–H groups in total. The second kappa shape index (κ2) is 12.8. The Morgan fingerprint density at radius 2 is 1.76 bits per heavy atom. The SMILES string of the molecule is COc1nc(-c2cccc(-c3cccc(NC(=O)c4cn(C)c(=O)n(C)c4=O)c3C)c2Cl)ccc1CNCC1(C)CCC(=O)C1. The number of nitrogens with one attached hydrogen (secondary N) is 2. The van der Waals surface area contributed by atoms with Crippen LogP contribution in [0.25, 0.3) is 22.4 Å². The second-order valence-electron chi connectivity index (χ2n) is 11.9. The quantitative estimate of drug-likeness (QED) is 0.270. The average Bonchev–Trinajstić information content (AvgIpc) is 3.37. The Kier molecular flexibility index (Phi) is 9.08. The molecule has 4 aromatic rings. The van der Waals surface area contributed by atoms with Crippen molar-refractivity contribution in [1.82, 2.24) is 19.4 Å². The van der Waals surface area contributed by atoms with Crippen LogP contribution in [0.2, 0.25) is 5.02 Å². The molecule has 1 saturated carbocycles. The number of ketones is 1. The summed E-state index contributed by atoms with van der Waals surface area (Å²) in [5.41, 5.74) is 3.67. The van der Waals surface area contributed by atoms with Crippen molar-refractivity contribution in [3.05, 3.63) is 97.3 Å². The zero-order valence-electron chi connectivity index (χ0n) is 26.0. The molecule has 11 heteroatoms. The first-order valence-electron chi connectivity index (χ1n) is 14.7. The van der Waals surface area contributed by atoms with E-state index in [0.717, 1.165) is 39.8 Å². The van der Waals surface area contributed by atoms with Gasteiger partial charge < -0.3 is 19.9 Å². The van der Waals surface area contributed by atoms with Gasteiger partial charge in [0, 0.05) is 68.6 Å². The number of halogens is 1. The van der Waals surface area contributed by atoms with E-state index in [1.54, 1.807) is 19.2 Å². The van der Waals surface area contributed by atoms with Gasteiger partial charge in [0.25, 0.3) is 11.5 Å². The number of ether oxygens (including phenoxy) is 1. The van der Waals surface area contributed by atoms with Crippen molar-refractivity contribution in [2.45, 2.75) is 39.7 Å². The molecule has 2 aromatic carbocycles. The first-order valence-corrected chi connectivity index (χ1v) is 15.0. The Morgan fingerprint density at radius 3 is 2.47 bits per heavy atom. The molecule has 1 aliphatic rings. The fourth-order valence-electron chi connectivity index (χ4n) is 5.83. The number of aryl methyl sites for hydroxylation is 1. The minimum absolute atomic E-state index is 0.0255. The Morgan fingerprint density at radius 1 is 1.04 bits per heavy atom. The van der Waals surface area contributed by atoms with Gasteiger partial charge in [0.1, 0.15) is 11.3 Å². The number of amides is 1. The van der Waals surface area contributed by atoms with Crippen LogP contribution in [0.4, 0.5) is 5.69 Å². The van der Waals surface area contributed by atoms with E-state index in [-0.39, 0.29) is 11.0 Å². The van der Waals surface area contributed by atoms with Gasteiger partial charge in [-0.05, 0) is 42.0 Å². The Bertz CT molecular complexity index is 1930.